The predicted octanol–water partition coefficient (Wildman–Crippen LogP) is 3.25. The molecule has 2 aromatic rings. The number of benzene rings is 1. The lowest BCUT2D eigenvalue weighted by Gasteiger charge is -2.14. The summed E-state index contributed by atoms with van der Waals surface area (Å²) in [6, 6.07) is 5.63. The van der Waals surface area contributed by atoms with Gasteiger partial charge in [-0.2, -0.15) is 11.3 Å². The van der Waals surface area contributed by atoms with Gasteiger partial charge >= 0.3 is 5.97 Å². The number of nitro groups is 1. The molecule has 0 aliphatic carbocycles. The van der Waals surface area contributed by atoms with Gasteiger partial charge < -0.3 is 14.8 Å². The van der Waals surface area contributed by atoms with E-state index in [9.17, 15) is 19.7 Å². The first kappa shape index (κ1) is 19.1. The van der Waals surface area contributed by atoms with Gasteiger partial charge in [0.25, 0.3) is 11.6 Å². The Kier molecular flexibility index (Phi) is 6.45. The van der Waals surface area contributed by atoms with Crippen LogP contribution in [-0.2, 0) is 14.3 Å². The molecule has 1 amide bonds. The van der Waals surface area contributed by atoms with Gasteiger partial charge in [0.1, 0.15) is 5.75 Å². The van der Waals surface area contributed by atoms with Gasteiger partial charge in [-0.15, -0.1) is 0 Å². The summed E-state index contributed by atoms with van der Waals surface area (Å²) in [5.41, 5.74) is 0.762. The van der Waals surface area contributed by atoms with Crippen molar-refractivity contribution in [1.29, 1.82) is 0 Å². The van der Waals surface area contributed by atoms with Crippen LogP contribution in [0, 0.1) is 10.1 Å². The van der Waals surface area contributed by atoms with Crippen LogP contribution in [0.15, 0.2) is 41.1 Å². The maximum absolute atomic E-state index is 12.2. The quantitative estimate of drug-likeness (QED) is 0.344. The molecule has 1 atom stereocenters. The SMILES string of the molecule is COc1ccc([N+](=O)[O-])cc1NC(=O)[C@@H](C)OC(=O)/C=C/c1ccsc1. The van der Waals surface area contributed by atoms with E-state index >= 15 is 0 Å². The fourth-order valence-electron chi connectivity index (χ4n) is 1.94. The minimum absolute atomic E-state index is 0.114. The largest absolute Gasteiger partial charge is 0.495 e. The molecule has 0 saturated carbocycles. The predicted molar refractivity (Wildman–Crippen MR) is 97.2 cm³/mol. The van der Waals surface area contributed by atoms with Crippen LogP contribution >= 0.6 is 11.3 Å². The van der Waals surface area contributed by atoms with Crippen LogP contribution in [0.25, 0.3) is 6.08 Å². The lowest BCUT2D eigenvalue weighted by molar-refractivity contribution is -0.384. The van der Waals surface area contributed by atoms with E-state index in [2.05, 4.69) is 5.32 Å². The first-order chi connectivity index (χ1) is 12.4. The summed E-state index contributed by atoms with van der Waals surface area (Å²) < 4.78 is 10.1. The molecule has 0 unspecified atom stereocenters. The van der Waals surface area contributed by atoms with E-state index in [1.54, 1.807) is 6.08 Å². The Balaban J connectivity index is 2.01. The van der Waals surface area contributed by atoms with Crippen molar-refractivity contribution in [2.45, 2.75) is 13.0 Å². The maximum atomic E-state index is 12.2. The number of nitrogens with one attached hydrogen (secondary N) is 1. The summed E-state index contributed by atoms with van der Waals surface area (Å²) in [4.78, 5) is 34.2. The summed E-state index contributed by atoms with van der Waals surface area (Å²) in [5, 5.41) is 17.1. The molecule has 1 N–H and O–H groups in total. The third kappa shape index (κ3) is 5.15. The molecule has 2 rings (SSSR count). The van der Waals surface area contributed by atoms with Crippen molar-refractivity contribution in [3.63, 3.8) is 0 Å². The van der Waals surface area contributed by atoms with Gasteiger partial charge in [-0.25, -0.2) is 4.79 Å². The van der Waals surface area contributed by atoms with Gasteiger partial charge in [0.2, 0.25) is 0 Å². The number of ether oxygens (including phenoxy) is 2. The number of thiophene rings is 1. The van der Waals surface area contributed by atoms with Crippen LogP contribution in [-0.4, -0.2) is 30.0 Å². The maximum Gasteiger partial charge on any atom is 0.331 e. The Morgan fingerprint density at radius 1 is 1.35 bits per heavy atom. The van der Waals surface area contributed by atoms with Gasteiger partial charge in [0.15, 0.2) is 6.10 Å². The molecule has 0 aliphatic heterocycles. The van der Waals surface area contributed by atoms with Crippen LogP contribution in [0.3, 0.4) is 0 Å². The van der Waals surface area contributed by atoms with Crippen molar-refractivity contribution >= 4 is 40.7 Å². The minimum Gasteiger partial charge on any atom is -0.495 e. The highest BCUT2D eigenvalue weighted by Crippen LogP contribution is 2.29. The van der Waals surface area contributed by atoms with E-state index < -0.39 is 22.9 Å². The summed E-state index contributed by atoms with van der Waals surface area (Å²) in [6.07, 6.45) is 1.70. The molecule has 26 heavy (non-hydrogen) atoms. The zero-order valence-corrected chi connectivity index (χ0v) is 14.8. The molecule has 136 valence electrons. The zero-order chi connectivity index (χ0) is 19.1. The van der Waals surface area contributed by atoms with Crippen molar-refractivity contribution in [2.24, 2.45) is 0 Å². The fourth-order valence-corrected chi connectivity index (χ4v) is 2.57. The van der Waals surface area contributed by atoms with E-state index in [0.717, 1.165) is 5.56 Å². The molecule has 1 aromatic carbocycles. The standard InChI is InChI=1S/C17H16N2O6S/c1-11(25-16(20)6-3-12-7-8-26-10-12)17(21)18-14-9-13(19(22)23)4-5-15(14)24-2/h3-11H,1-2H3,(H,18,21)/b6-3+/t11-/m1/s1. The van der Waals surface area contributed by atoms with E-state index in [1.807, 2.05) is 16.8 Å². The molecule has 9 heteroatoms. The number of carbonyl (C=O) groups excluding carboxylic acids is 2. The number of nitrogens with zero attached hydrogens (tertiary/aromatic N) is 1. The number of hydrogen-bond acceptors (Lipinski definition) is 7. The Bertz CT molecular complexity index is 832. The smallest absolute Gasteiger partial charge is 0.331 e. The Morgan fingerprint density at radius 2 is 2.12 bits per heavy atom. The second kappa shape index (κ2) is 8.77. The molecule has 1 heterocycles. The number of esters is 1. The van der Waals surface area contributed by atoms with E-state index in [1.165, 1.54) is 49.6 Å². The topological polar surface area (TPSA) is 108 Å². The number of carbonyl (C=O) groups is 2. The van der Waals surface area contributed by atoms with Crippen LogP contribution in [0.2, 0.25) is 0 Å². The zero-order valence-electron chi connectivity index (χ0n) is 14.0. The number of rotatable bonds is 7. The molecule has 0 fully saturated rings. The molecular formula is C17H16N2O6S. The van der Waals surface area contributed by atoms with Gasteiger partial charge in [0.05, 0.1) is 17.7 Å². The number of hydrogen-bond donors (Lipinski definition) is 1. The van der Waals surface area contributed by atoms with Crippen LogP contribution in [0.1, 0.15) is 12.5 Å². The fraction of sp³-hybridized carbons (Fsp3) is 0.176. The molecule has 0 bridgehead atoms. The second-order valence-corrected chi connectivity index (χ2v) is 5.88. The Hall–Kier alpha value is -3.20. The van der Waals surface area contributed by atoms with E-state index in [4.69, 9.17) is 9.47 Å². The molecule has 0 spiro atoms. The summed E-state index contributed by atoms with van der Waals surface area (Å²) in [5.74, 6) is -1.06. The summed E-state index contributed by atoms with van der Waals surface area (Å²) in [6.45, 7) is 1.40. The van der Waals surface area contributed by atoms with Crippen molar-refractivity contribution in [3.8, 4) is 5.75 Å². The third-order valence-corrected chi connectivity index (χ3v) is 3.97. The molecule has 0 radical (unpaired) electrons. The van der Waals surface area contributed by atoms with Gasteiger partial charge in [-0.05, 0) is 41.5 Å². The van der Waals surface area contributed by atoms with Crippen molar-refractivity contribution in [2.75, 3.05) is 12.4 Å². The third-order valence-electron chi connectivity index (χ3n) is 3.27. The molecular weight excluding hydrogens is 360 g/mol. The van der Waals surface area contributed by atoms with Crippen LogP contribution < -0.4 is 10.1 Å². The lowest BCUT2D eigenvalue weighted by atomic mass is 10.2. The highest BCUT2D eigenvalue weighted by molar-refractivity contribution is 7.08. The number of non-ortho nitro benzene ring substituents is 1. The van der Waals surface area contributed by atoms with Crippen LogP contribution in [0.5, 0.6) is 5.75 Å². The Morgan fingerprint density at radius 3 is 2.73 bits per heavy atom. The lowest BCUT2D eigenvalue weighted by Crippen LogP contribution is -2.29. The van der Waals surface area contributed by atoms with Crippen molar-refractivity contribution < 1.29 is 24.0 Å². The minimum atomic E-state index is -1.10. The molecule has 1 aromatic heterocycles. The highest BCUT2D eigenvalue weighted by atomic mass is 32.1. The number of methoxy groups -OCH3 is 1. The van der Waals surface area contributed by atoms with Gasteiger partial charge in [-0.3, -0.25) is 14.9 Å². The number of anilines is 1. The number of amides is 1. The first-order valence-corrected chi connectivity index (χ1v) is 8.39. The average Bonchev–Trinajstić information content (AvgIpc) is 3.13. The normalized spacial score (nSPS) is 11.8. The first-order valence-electron chi connectivity index (χ1n) is 7.45. The summed E-state index contributed by atoms with van der Waals surface area (Å²) >= 11 is 1.49. The van der Waals surface area contributed by atoms with Crippen molar-refractivity contribution in [3.05, 3.63) is 56.8 Å². The molecule has 0 aliphatic rings. The molecule has 0 saturated heterocycles. The molecule has 8 nitrogen and oxygen atoms in total. The number of nitro benzene ring substituents is 1. The van der Waals surface area contributed by atoms with Gasteiger partial charge in [-0.1, -0.05) is 0 Å². The monoisotopic (exact) mass is 376 g/mol. The van der Waals surface area contributed by atoms with Crippen LogP contribution in [0.4, 0.5) is 11.4 Å². The Labute approximate surface area is 153 Å². The van der Waals surface area contributed by atoms with E-state index in [0.29, 0.717) is 0 Å². The second-order valence-electron chi connectivity index (χ2n) is 5.10. The van der Waals surface area contributed by atoms with Crippen molar-refractivity contribution in [1.82, 2.24) is 0 Å². The van der Waals surface area contributed by atoms with E-state index in [-0.39, 0.29) is 17.1 Å². The van der Waals surface area contributed by atoms with Gasteiger partial charge in [0, 0.05) is 18.2 Å². The highest BCUT2D eigenvalue weighted by Gasteiger charge is 2.20. The summed E-state index contributed by atoms with van der Waals surface area (Å²) in [7, 11) is 1.37. The average molecular weight is 376 g/mol.